The fourth-order valence-corrected chi connectivity index (χ4v) is 3.66. The molecule has 1 saturated carbocycles. The van der Waals surface area contributed by atoms with Gasteiger partial charge in [-0.2, -0.15) is 0 Å². The highest BCUT2D eigenvalue weighted by Crippen LogP contribution is 2.30. The molecule has 0 radical (unpaired) electrons. The van der Waals surface area contributed by atoms with Gasteiger partial charge in [-0.3, -0.25) is 4.90 Å². The number of nitrogens with one attached hydrogen (secondary N) is 1. The normalized spacial score (nSPS) is 26.8. The highest BCUT2D eigenvalue weighted by Gasteiger charge is 2.34. The number of ether oxygens (including phenoxy) is 1. The van der Waals surface area contributed by atoms with Gasteiger partial charge in [0, 0.05) is 12.6 Å². The monoisotopic (exact) mass is 292 g/mol. The first-order chi connectivity index (χ1) is 10.3. The number of nitrogens with zero attached hydrogens (tertiary/aromatic N) is 1. The lowest BCUT2D eigenvalue weighted by Crippen LogP contribution is -2.52. The second-order valence-corrected chi connectivity index (χ2v) is 6.33. The Labute approximate surface area is 127 Å². The van der Waals surface area contributed by atoms with E-state index in [-0.39, 0.29) is 0 Å². The topological polar surface area (TPSA) is 37.6 Å². The van der Waals surface area contributed by atoms with Crippen molar-refractivity contribution in [2.45, 2.75) is 64.8 Å². The van der Waals surface area contributed by atoms with E-state index < -0.39 is 0 Å². The smallest absolute Gasteiger partial charge is 0.120 e. The summed E-state index contributed by atoms with van der Waals surface area (Å²) < 4.78 is 12.0. The molecule has 1 saturated heterocycles. The van der Waals surface area contributed by atoms with E-state index in [0.29, 0.717) is 12.1 Å². The molecule has 3 rings (SSSR count). The maximum Gasteiger partial charge on any atom is 0.120 e. The van der Waals surface area contributed by atoms with Gasteiger partial charge >= 0.3 is 0 Å². The molecule has 0 amide bonds. The maximum absolute atomic E-state index is 6.05. The molecule has 2 atom stereocenters. The molecule has 118 valence electrons. The van der Waals surface area contributed by atoms with E-state index >= 15 is 0 Å². The van der Waals surface area contributed by atoms with Crippen LogP contribution in [0.5, 0.6) is 0 Å². The number of hydrogen-bond donors (Lipinski definition) is 1. The molecular formula is C17H28N2O2. The van der Waals surface area contributed by atoms with Crippen molar-refractivity contribution in [3.05, 3.63) is 23.2 Å². The number of hydrogen-bond acceptors (Lipinski definition) is 4. The summed E-state index contributed by atoms with van der Waals surface area (Å²) in [6, 6.07) is 2.80. The largest absolute Gasteiger partial charge is 0.463 e. The van der Waals surface area contributed by atoms with Gasteiger partial charge in [0.15, 0.2) is 0 Å². The minimum absolute atomic E-state index is 0.449. The maximum atomic E-state index is 6.05. The van der Waals surface area contributed by atoms with Crippen LogP contribution in [0.1, 0.15) is 49.7 Å². The molecule has 1 aromatic heterocycles. The van der Waals surface area contributed by atoms with Crippen LogP contribution in [-0.2, 0) is 17.8 Å². The zero-order valence-corrected chi connectivity index (χ0v) is 13.4. The van der Waals surface area contributed by atoms with Gasteiger partial charge in [0.2, 0.25) is 0 Å². The second kappa shape index (κ2) is 6.95. The number of aryl methyl sites for hydroxylation is 1. The van der Waals surface area contributed by atoms with Crippen LogP contribution in [0.3, 0.4) is 0 Å². The van der Waals surface area contributed by atoms with Crippen LogP contribution in [0.2, 0.25) is 0 Å². The van der Waals surface area contributed by atoms with E-state index in [9.17, 15) is 0 Å². The van der Waals surface area contributed by atoms with Gasteiger partial charge in [-0.15, -0.1) is 0 Å². The predicted octanol–water partition coefficient (Wildman–Crippen LogP) is 2.84. The van der Waals surface area contributed by atoms with Crippen molar-refractivity contribution in [3.63, 3.8) is 0 Å². The minimum Gasteiger partial charge on any atom is -0.463 e. The van der Waals surface area contributed by atoms with E-state index in [4.69, 9.17) is 9.15 Å². The van der Waals surface area contributed by atoms with Crippen molar-refractivity contribution in [2.24, 2.45) is 0 Å². The Hall–Kier alpha value is -0.840. The van der Waals surface area contributed by atoms with Crippen LogP contribution >= 0.6 is 0 Å². The van der Waals surface area contributed by atoms with Crippen molar-refractivity contribution in [1.82, 2.24) is 10.2 Å². The molecule has 1 N–H and O–H groups in total. The Bertz CT molecular complexity index is 456. The molecule has 2 fully saturated rings. The molecule has 0 bridgehead atoms. The van der Waals surface area contributed by atoms with Gasteiger partial charge in [0.1, 0.15) is 11.5 Å². The third kappa shape index (κ3) is 3.50. The number of rotatable bonds is 5. The lowest BCUT2D eigenvalue weighted by Gasteiger charge is -2.43. The number of morpholine rings is 1. The average molecular weight is 292 g/mol. The van der Waals surface area contributed by atoms with Crippen LogP contribution in [0.4, 0.5) is 0 Å². The quantitative estimate of drug-likeness (QED) is 0.905. The summed E-state index contributed by atoms with van der Waals surface area (Å²) in [7, 11) is 0. The summed E-state index contributed by atoms with van der Waals surface area (Å²) in [5, 5.41) is 3.34. The molecule has 4 heteroatoms. The van der Waals surface area contributed by atoms with Crippen LogP contribution in [-0.4, -0.2) is 36.7 Å². The molecule has 1 aliphatic heterocycles. The van der Waals surface area contributed by atoms with E-state index in [0.717, 1.165) is 44.3 Å². The second-order valence-electron chi connectivity index (χ2n) is 6.33. The highest BCUT2D eigenvalue weighted by molar-refractivity contribution is 5.20. The Morgan fingerprint density at radius 1 is 1.33 bits per heavy atom. The zero-order valence-electron chi connectivity index (χ0n) is 13.4. The summed E-state index contributed by atoms with van der Waals surface area (Å²) in [5.41, 5.74) is 1.26. The lowest BCUT2D eigenvalue weighted by atomic mass is 9.90. The van der Waals surface area contributed by atoms with Crippen molar-refractivity contribution in [1.29, 1.82) is 0 Å². The standard InChI is InChI=1S/C17H28N2O2/c1-3-18-11-17-13(2)10-14(21-17)12-19-8-9-20-16-7-5-4-6-15(16)19/h10,15-16,18H,3-9,11-12H2,1-2H3. The van der Waals surface area contributed by atoms with Crippen molar-refractivity contribution < 1.29 is 9.15 Å². The van der Waals surface area contributed by atoms with Gasteiger partial charge in [-0.1, -0.05) is 19.8 Å². The lowest BCUT2D eigenvalue weighted by molar-refractivity contribution is -0.0927. The Balaban J connectivity index is 1.65. The molecular weight excluding hydrogens is 264 g/mol. The first-order valence-electron chi connectivity index (χ1n) is 8.42. The van der Waals surface area contributed by atoms with Gasteiger partial charge in [0.25, 0.3) is 0 Å². The molecule has 1 aliphatic carbocycles. The van der Waals surface area contributed by atoms with Gasteiger partial charge in [-0.05, 0) is 37.9 Å². The SMILES string of the molecule is CCNCc1oc(CN2CCOC3CCCCC32)cc1C. The first kappa shape index (κ1) is 15.1. The highest BCUT2D eigenvalue weighted by atomic mass is 16.5. The number of furan rings is 1. The van der Waals surface area contributed by atoms with E-state index in [1.54, 1.807) is 0 Å². The fraction of sp³-hybridized carbons (Fsp3) is 0.765. The van der Waals surface area contributed by atoms with E-state index in [1.165, 1.54) is 31.2 Å². The molecule has 21 heavy (non-hydrogen) atoms. The average Bonchev–Trinajstić information content (AvgIpc) is 2.85. The molecule has 2 unspecified atom stereocenters. The van der Waals surface area contributed by atoms with Crippen molar-refractivity contribution >= 4 is 0 Å². The fourth-order valence-electron chi connectivity index (χ4n) is 3.66. The van der Waals surface area contributed by atoms with Crippen LogP contribution in [0.15, 0.2) is 10.5 Å². The molecule has 1 aromatic rings. The van der Waals surface area contributed by atoms with Gasteiger partial charge in [0.05, 0.1) is 25.8 Å². The van der Waals surface area contributed by atoms with Gasteiger partial charge in [-0.25, -0.2) is 0 Å². The molecule has 2 heterocycles. The Morgan fingerprint density at radius 3 is 3.05 bits per heavy atom. The zero-order chi connectivity index (χ0) is 14.7. The van der Waals surface area contributed by atoms with E-state index in [1.807, 2.05) is 0 Å². The molecule has 0 aromatic carbocycles. The van der Waals surface area contributed by atoms with Crippen LogP contribution in [0.25, 0.3) is 0 Å². The molecule has 0 spiro atoms. The van der Waals surface area contributed by atoms with E-state index in [2.05, 4.69) is 30.1 Å². The Kier molecular flexibility index (Phi) is 4.99. The number of fused-ring (bicyclic) bond motifs is 1. The summed E-state index contributed by atoms with van der Waals surface area (Å²) in [6.07, 6.45) is 5.61. The van der Waals surface area contributed by atoms with Crippen molar-refractivity contribution in [3.8, 4) is 0 Å². The van der Waals surface area contributed by atoms with Crippen LogP contribution in [0, 0.1) is 6.92 Å². The van der Waals surface area contributed by atoms with Crippen LogP contribution < -0.4 is 5.32 Å². The minimum atomic E-state index is 0.449. The molecule has 2 aliphatic rings. The first-order valence-corrected chi connectivity index (χ1v) is 8.42. The molecule has 4 nitrogen and oxygen atoms in total. The summed E-state index contributed by atoms with van der Waals surface area (Å²) in [5.74, 6) is 2.19. The van der Waals surface area contributed by atoms with Gasteiger partial charge < -0.3 is 14.5 Å². The predicted molar refractivity (Wildman–Crippen MR) is 83.2 cm³/mol. The van der Waals surface area contributed by atoms with Crippen molar-refractivity contribution in [2.75, 3.05) is 19.7 Å². The third-order valence-corrected chi connectivity index (χ3v) is 4.81. The summed E-state index contributed by atoms with van der Waals surface area (Å²) >= 11 is 0. The Morgan fingerprint density at radius 2 is 2.19 bits per heavy atom. The summed E-state index contributed by atoms with van der Waals surface area (Å²) in [6.45, 7) is 8.89. The summed E-state index contributed by atoms with van der Waals surface area (Å²) in [4.78, 5) is 2.57. The third-order valence-electron chi connectivity index (χ3n) is 4.81.